The third-order valence-electron chi connectivity index (χ3n) is 4.21. The first-order chi connectivity index (χ1) is 9.85. The monoisotopic (exact) mass is 311 g/mol. The molecule has 21 heavy (non-hydrogen) atoms. The van der Waals surface area contributed by atoms with E-state index in [1.807, 2.05) is 6.92 Å². The second-order valence-corrected chi connectivity index (χ2v) is 7.76. The largest absolute Gasteiger partial charge is 0.275 e. The topological polar surface area (TPSA) is 63.7 Å². The van der Waals surface area contributed by atoms with Crippen molar-refractivity contribution >= 4 is 15.7 Å². The van der Waals surface area contributed by atoms with Crippen LogP contribution >= 0.6 is 0 Å². The zero-order valence-electron chi connectivity index (χ0n) is 12.6. The highest BCUT2D eigenvalue weighted by Gasteiger charge is 2.54. The molecule has 0 heterocycles. The number of aryl methyl sites for hydroxylation is 1. The summed E-state index contributed by atoms with van der Waals surface area (Å²) in [6.45, 7) is 1.89. The van der Waals surface area contributed by atoms with E-state index in [2.05, 4.69) is 0 Å². The Bertz CT molecular complexity index is 616. The van der Waals surface area contributed by atoms with Crippen molar-refractivity contribution in [3.05, 3.63) is 29.8 Å². The van der Waals surface area contributed by atoms with Crippen LogP contribution in [-0.4, -0.2) is 38.3 Å². The van der Waals surface area contributed by atoms with Crippen molar-refractivity contribution in [1.29, 1.82) is 0 Å². The Morgan fingerprint density at radius 2 is 1.71 bits per heavy atom. The van der Waals surface area contributed by atoms with Crippen molar-refractivity contribution in [3.8, 4) is 0 Å². The van der Waals surface area contributed by atoms with Crippen LogP contribution in [0.2, 0.25) is 0 Å². The molecule has 1 aromatic carbocycles. The molecule has 1 aliphatic carbocycles. The van der Waals surface area contributed by atoms with Crippen LogP contribution in [0.1, 0.15) is 31.2 Å². The first kappa shape index (κ1) is 16.0. The second-order valence-electron chi connectivity index (χ2n) is 5.50. The van der Waals surface area contributed by atoms with E-state index in [4.69, 9.17) is 4.84 Å². The van der Waals surface area contributed by atoms with Crippen LogP contribution in [0.4, 0.5) is 0 Å². The summed E-state index contributed by atoms with van der Waals surface area (Å²) in [5.41, 5.74) is 0.981. The number of benzene rings is 1. The van der Waals surface area contributed by atoms with Crippen molar-refractivity contribution in [2.45, 2.75) is 42.2 Å². The van der Waals surface area contributed by atoms with Crippen LogP contribution in [0.25, 0.3) is 0 Å². The number of amides is 1. The fraction of sp³-hybridized carbons (Fsp3) is 0.533. The van der Waals surface area contributed by atoms with E-state index >= 15 is 0 Å². The molecule has 0 saturated heterocycles. The van der Waals surface area contributed by atoms with Gasteiger partial charge in [0.15, 0.2) is 14.6 Å². The molecule has 0 unspecified atom stereocenters. The van der Waals surface area contributed by atoms with Gasteiger partial charge < -0.3 is 0 Å². The molecule has 1 aromatic rings. The molecule has 0 N–H and O–H groups in total. The fourth-order valence-corrected chi connectivity index (χ4v) is 4.99. The Kier molecular flexibility index (Phi) is 4.39. The van der Waals surface area contributed by atoms with Gasteiger partial charge in [-0.3, -0.25) is 9.63 Å². The molecule has 0 atom stereocenters. The first-order valence-corrected chi connectivity index (χ1v) is 8.47. The summed E-state index contributed by atoms with van der Waals surface area (Å²) >= 11 is 0. The maximum absolute atomic E-state index is 13.0. The lowest BCUT2D eigenvalue weighted by molar-refractivity contribution is -0.171. The minimum Gasteiger partial charge on any atom is -0.275 e. The minimum absolute atomic E-state index is 0.202. The first-order valence-electron chi connectivity index (χ1n) is 6.99. The predicted molar refractivity (Wildman–Crippen MR) is 79.3 cm³/mol. The molecule has 2 rings (SSSR count). The number of hydrogen-bond acceptors (Lipinski definition) is 4. The van der Waals surface area contributed by atoms with Crippen molar-refractivity contribution in [2.24, 2.45) is 0 Å². The van der Waals surface area contributed by atoms with Gasteiger partial charge in [-0.2, -0.15) is 0 Å². The van der Waals surface area contributed by atoms with E-state index in [0.29, 0.717) is 12.8 Å². The molecule has 0 bridgehead atoms. The Balaban J connectivity index is 2.51. The van der Waals surface area contributed by atoms with Crippen LogP contribution in [-0.2, 0) is 19.5 Å². The third-order valence-corrected chi connectivity index (χ3v) is 6.71. The summed E-state index contributed by atoms with van der Waals surface area (Å²) in [4.78, 5) is 17.7. The van der Waals surface area contributed by atoms with Gasteiger partial charge in [-0.05, 0) is 31.9 Å². The van der Waals surface area contributed by atoms with E-state index in [-0.39, 0.29) is 4.90 Å². The van der Waals surface area contributed by atoms with Crippen LogP contribution in [0.3, 0.4) is 0 Å². The van der Waals surface area contributed by atoms with E-state index < -0.39 is 20.5 Å². The Morgan fingerprint density at radius 3 is 2.19 bits per heavy atom. The van der Waals surface area contributed by atoms with E-state index in [0.717, 1.165) is 23.5 Å². The smallest absolute Gasteiger partial charge is 0.267 e. The highest BCUT2D eigenvalue weighted by molar-refractivity contribution is 7.93. The Hall–Kier alpha value is -1.40. The fourth-order valence-electron chi connectivity index (χ4n) is 2.86. The lowest BCUT2D eigenvalue weighted by Crippen LogP contribution is -2.50. The zero-order chi connectivity index (χ0) is 15.7. The molecule has 6 heteroatoms. The quantitative estimate of drug-likeness (QED) is 0.799. The molecular weight excluding hydrogens is 290 g/mol. The number of nitrogens with zero attached hydrogens (tertiary/aromatic N) is 1. The molecular formula is C15H21NO4S. The van der Waals surface area contributed by atoms with Gasteiger partial charge in [-0.15, -0.1) is 0 Å². The Morgan fingerprint density at radius 1 is 1.19 bits per heavy atom. The predicted octanol–water partition coefficient (Wildman–Crippen LogP) is 2.10. The SMILES string of the molecule is CON(C)C(=O)C1(S(=O)(=O)c2ccc(C)cc2)CCCC1. The summed E-state index contributed by atoms with van der Waals surface area (Å²) in [7, 11) is -0.931. The van der Waals surface area contributed by atoms with E-state index in [1.54, 1.807) is 24.3 Å². The Labute approximate surface area is 125 Å². The standard InChI is InChI=1S/C15H21NO4S/c1-12-6-8-13(9-7-12)21(18,19)15(10-4-5-11-15)14(17)16(2)20-3/h6-9H,4-5,10-11H2,1-3H3. The normalized spacial score (nSPS) is 17.7. The maximum Gasteiger partial charge on any atom is 0.267 e. The van der Waals surface area contributed by atoms with Crippen LogP contribution in [0.5, 0.6) is 0 Å². The number of sulfone groups is 1. The van der Waals surface area contributed by atoms with Gasteiger partial charge in [0, 0.05) is 7.05 Å². The van der Waals surface area contributed by atoms with Crippen molar-refractivity contribution in [1.82, 2.24) is 5.06 Å². The summed E-state index contributed by atoms with van der Waals surface area (Å²) < 4.78 is 24.7. The van der Waals surface area contributed by atoms with Gasteiger partial charge in [-0.25, -0.2) is 13.5 Å². The lowest BCUT2D eigenvalue weighted by atomic mass is 10.1. The third kappa shape index (κ3) is 2.58. The molecule has 116 valence electrons. The second kappa shape index (κ2) is 5.77. The van der Waals surface area contributed by atoms with Gasteiger partial charge in [0.1, 0.15) is 0 Å². The van der Waals surface area contributed by atoms with Crippen molar-refractivity contribution in [2.75, 3.05) is 14.2 Å². The summed E-state index contributed by atoms with van der Waals surface area (Å²) in [6.07, 6.45) is 2.15. The van der Waals surface area contributed by atoms with E-state index in [9.17, 15) is 13.2 Å². The number of carbonyl (C=O) groups is 1. The number of hydrogen-bond donors (Lipinski definition) is 0. The molecule has 0 aromatic heterocycles. The number of hydroxylamine groups is 2. The minimum atomic E-state index is -3.74. The molecule has 1 amide bonds. The highest BCUT2D eigenvalue weighted by atomic mass is 32.2. The molecule has 1 fully saturated rings. The average Bonchev–Trinajstić information content (AvgIpc) is 2.97. The summed E-state index contributed by atoms with van der Waals surface area (Å²) in [5, 5.41) is 1.02. The lowest BCUT2D eigenvalue weighted by Gasteiger charge is -2.30. The summed E-state index contributed by atoms with van der Waals surface area (Å²) in [5.74, 6) is -0.483. The molecule has 0 aliphatic heterocycles. The molecule has 1 aliphatic rings. The number of rotatable bonds is 4. The van der Waals surface area contributed by atoms with Crippen molar-refractivity contribution < 1.29 is 18.0 Å². The molecule has 0 spiro atoms. The number of carbonyl (C=O) groups excluding carboxylic acids is 1. The molecule has 0 radical (unpaired) electrons. The van der Waals surface area contributed by atoms with Gasteiger partial charge in [0.25, 0.3) is 5.91 Å². The van der Waals surface area contributed by atoms with Gasteiger partial charge in [0.2, 0.25) is 0 Å². The van der Waals surface area contributed by atoms with Gasteiger partial charge in [0.05, 0.1) is 12.0 Å². The zero-order valence-corrected chi connectivity index (χ0v) is 13.4. The van der Waals surface area contributed by atoms with Gasteiger partial charge in [-0.1, -0.05) is 30.5 Å². The summed E-state index contributed by atoms with van der Waals surface area (Å²) in [6, 6.07) is 6.65. The van der Waals surface area contributed by atoms with Crippen LogP contribution < -0.4 is 0 Å². The highest BCUT2D eigenvalue weighted by Crippen LogP contribution is 2.41. The maximum atomic E-state index is 13.0. The average molecular weight is 311 g/mol. The van der Waals surface area contributed by atoms with Crippen LogP contribution in [0.15, 0.2) is 29.2 Å². The van der Waals surface area contributed by atoms with Gasteiger partial charge >= 0.3 is 0 Å². The van der Waals surface area contributed by atoms with Crippen LogP contribution in [0, 0.1) is 6.92 Å². The molecule has 5 nitrogen and oxygen atoms in total. The molecule has 1 saturated carbocycles. The van der Waals surface area contributed by atoms with Crippen molar-refractivity contribution in [3.63, 3.8) is 0 Å². The van der Waals surface area contributed by atoms with E-state index in [1.165, 1.54) is 14.2 Å².